The molecule has 94 valence electrons. The zero-order chi connectivity index (χ0) is 13.0. The van der Waals surface area contributed by atoms with Crippen LogP contribution < -0.4 is 4.74 Å². The lowest BCUT2D eigenvalue weighted by Gasteiger charge is -2.15. The van der Waals surface area contributed by atoms with Gasteiger partial charge in [-0.05, 0) is 37.5 Å². The third kappa shape index (κ3) is 3.22. The summed E-state index contributed by atoms with van der Waals surface area (Å²) in [5, 5.41) is 0.637. The maximum absolute atomic E-state index is 6.17. The Bertz CT molecular complexity index is 424. The van der Waals surface area contributed by atoms with Gasteiger partial charge in [0.15, 0.2) is 0 Å². The highest BCUT2D eigenvalue weighted by molar-refractivity contribution is 6.32. The Morgan fingerprint density at radius 2 is 2.06 bits per heavy atom. The van der Waals surface area contributed by atoms with E-state index in [1.165, 1.54) is 5.56 Å². The first-order valence-electron chi connectivity index (χ1n) is 5.90. The molecule has 0 aliphatic rings. The van der Waals surface area contributed by atoms with Crippen molar-refractivity contribution >= 4 is 17.3 Å². The molecule has 0 spiro atoms. The molecule has 3 heteroatoms. The summed E-state index contributed by atoms with van der Waals surface area (Å²) in [6.45, 7) is 9.15. The molecule has 0 aliphatic heterocycles. The van der Waals surface area contributed by atoms with E-state index in [2.05, 4.69) is 18.8 Å². The minimum atomic E-state index is 0.415. The first-order chi connectivity index (χ1) is 8.01. The summed E-state index contributed by atoms with van der Waals surface area (Å²) < 4.78 is 5.26. The lowest BCUT2D eigenvalue weighted by molar-refractivity contribution is 0.414. The molecule has 0 saturated heterocycles. The third-order valence-electron chi connectivity index (χ3n) is 2.73. The normalized spacial score (nSPS) is 12.1. The Hall–Kier alpha value is -1.02. The number of hydrogen-bond donors (Lipinski definition) is 0. The zero-order valence-electron chi connectivity index (χ0n) is 11.2. The molecule has 0 amide bonds. The van der Waals surface area contributed by atoms with E-state index in [9.17, 15) is 0 Å². The zero-order valence-corrected chi connectivity index (χ0v) is 11.9. The summed E-state index contributed by atoms with van der Waals surface area (Å²) in [5.41, 5.74) is 3.37. The van der Waals surface area contributed by atoms with Crippen LogP contribution in [0.5, 0.6) is 5.75 Å². The standard InChI is InChI=1S/C14H20ClNO/c1-6-16-10(4)12-7-13(15)14(17-5)8-11(12)9(2)3/h7-9H,6H2,1-5H3/b16-10+. The van der Waals surface area contributed by atoms with Crippen molar-refractivity contribution in [1.82, 2.24) is 0 Å². The predicted octanol–water partition coefficient (Wildman–Crippen LogP) is 4.30. The van der Waals surface area contributed by atoms with E-state index in [4.69, 9.17) is 16.3 Å². The molecule has 0 bridgehead atoms. The summed E-state index contributed by atoms with van der Waals surface area (Å²) in [5.74, 6) is 1.14. The van der Waals surface area contributed by atoms with Crippen molar-refractivity contribution in [2.24, 2.45) is 4.99 Å². The van der Waals surface area contributed by atoms with Crippen molar-refractivity contribution in [3.05, 3.63) is 28.3 Å². The number of hydrogen-bond acceptors (Lipinski definition) is 2. The Balaban J connectivity index is 3.38. The molecule has 17 heavy (non-hydrogen) atoms. The van der Waals surface area contributed by atoms with Gasteiger partial charge in [0.2, 0.25) is 0 Å². The van der Waals surface area contributed by atoms with Crippen molar-refractivity contribution in [3.63, 3.8) is 0 Å². The summed E-state index contributed by atoms with van der Waals surface area (Å²) in [4.78, 5) is 4.45. The van der Waals surface area contributed by atoms with Gasteiger partial charge in [0, 0.05) is 17.8 Å². The summed E-state index contributed by atoms with van der Waals surface area (Å²) in [6.07, 6.45) is 0. The minimum Gasteiger partial charge on any atom is -0.495 e. The van der Waals surface area contributed by atoms with Crippen LogP contribution >= 0.6 is 11.6 Å². The molecule has 0 radical (unpaired) electrons. The summed E-state index contributed by atoms with van der Waals surface area (Å²) >= 11 is 6.17. The third-order valence-corrected chi connectivity index (χ3v) is 3.03. The van der Waals surface area contributed by atoms with Gasteiger partial charge in [0.05, 0.1) is 12.1 Å². The van der Waals surface area contributed by atoms with Gasteiger partial charge >= 0.3 is 0 Å². The largest absolute Gasteiger partial charge is 0.495 e. The molecule has 1 aromatic carbocycles. The number of nitrogens with zero attached hydrogens (tertiary/aromatic N) is 1. The van der Waals surface area contributed by atoms with Gasteiger partial charge < -0.3 is 4.74 Å². The molecule has 0 N–H and O–H groups in total. The number of benzene rings is 1. The van der Waals surface area contributed by atoms with Crippen LogP contribution in [0.1, 0.15) is 44.7 Å². The van der Waals surface area contributed by atoms with Crippen LogP contribution in [0.25, 0.3) is 0 Å². The highest BCUT2D eigenvalue weighted by Gasteiger charge is 2.13. The molecule has 0 fully saturated rings. The smallest absolute Gasteiger partial charge is 0.137 e. The van der Waals surface area contributed by atoms with E-state index in [1.54, 1.807) is 7.11 Å². The number of methoxy groups -OCH3 is 1. The Labute approximate surface area is 109 Å². The van der Waals surface area contributed by atoms with Gasteiger partial charge in [-0.15, -0.1) is 0 Å². The van der Waals surface area contributed by atoms with Crippen LogP contribution in [0.2, 0.25) is 5.02 Å². The second-order valence-corrected chi connectivity index (χ2v) is 4.70. The lowest BCUT2D eigenvalue weighted by atomic mass is 9.94. The molecule has 0 aliphatic carbocycles. The van der Waals surface area contributed by atoms with Crippen LogP contribution in [0.15, 0.2) is 17.1 Å². The number of aliphatic imine (C=N–C) groups is 1. The summed E-state index contributed by atoms with van der Waals surface area (Å²) in [7, 11) is 1.64. The SMILES string of the molecule is CC/N=C(\C)c1cc(Cl)c(OC)cc1C(C)C. The van der Waals surface area contributed by atoms with Gasteiger partial charge in [-0.25, -0.2) is 0 Å². The molecule has 0 atom stereocenters. The van der Waals surface area contributed by atoms with E-state index in [0.717, 1.165) is 23.6 Å². The van der Waals surface area contributed by atoms with Crippen LogP contribution in [-0.4, -0.2) is 19.4 Å². The average molecular weight is 254 g/mol. The van der Waals surface area contributed by atoms with Crippen molar-refractivity contribution < 1.29 is 4.74 Å². The van der Waals surface area contributed by atoms with E-state index >= 15 is 0 Å². The average Bonchev–Trinajstić information content (AvgIpc) is 2.28. The molecule has 0 aromatic heterocycles. The topological polar surface area (TPSA) is 21.6 Å². The fraction of sp³-hybridized carbons (Fsp3) is 0.500. The van der Waals surface area contributed by atoms with E-state index in [0.29, 0.717) is 10.9 Å². The predicted molar refractivity (Wildman–Crippen MR) is 74.8 cm³/mol. The van der Waals surface area contributed by atoms with Crippen LogP contribution in [0.3, 0.4) is 0 Å². The van der Waals surface area contributed by atoms with Crippen molar-refractivity contribution in [1.29, 1.82) is 0 Å². The molecule has 2 nitrogen and oxygen atoms in total. The maximum Gasteiger partial charge on any atom is 0.137 e. The van der Waals surface area contributed by atoms with Gasteiger partial charge in [0.25, 0.3) is 0 Å². The highest BCUT2D eigenvalue weighted by Crippen LogP contribution is 2.32. The molecule has 0 unspecified atom stereocenters. The molecule has 1 aromatic rings. The van der Waals surface area contributed by atoms with Gasteiger partial charge in [-0.1, -0.05) is 25.4 Å². The van der Waals surface area contributed by atoms with Gasteiger partial charge in [-0.3, -0.25) is 4.99 Å². The Kier molecular flexibility index (Phi) is 5.01. The Morgan fingerprint density at radius 1 is 1.41 bits per heavy atom. The molecule has 0 heterocycles. The van der Waals surface area contributed by atoms with Gasteiger partial charge in [-0.2, -0.15) is 0 Å². The van der Waals surface area contributed by atoms with Crippen LogP contribution in [-0.2, 0) is 0 Å². The number of halogens is 1. The number of ether oxygens (including phenoxy) is 1. The van der Waals surface area contributed by atoms with Crippen LogP contribution in [0, 0.1) is 0 Å². The number of rotatable bonds is 4. The lowest BCUT2D eigenvalue weighted by Crippen LogP contribution is -2.04. The second kappa shape index (κ2) is 6.06. The fourth-order valence-electron chi connectivity index (χ4n) is 1.84. The monoisotopic (exact) mass is 253 g/mol. The van der Waals surface area contributed by atoms with Gasteiger partial charge in [0.1, 0.15) is 5.75 Å². The second-order valence-electron chi connectivity index (χ2n) is 4.29. The maximum atomic E-state index is 6.17. The molecular weight excluding hydrogens is 234 g/mol. The summed E-state index contributed by atoms with van der Waals surface area (Å²) in [6, 6.07) is 3.96. The molecular formula is C14H20ClNO. The van der Waals surface area contributed by atoms with E-state index in [-0.39, 0.29) is 0 Å². The van der Waals surface area contributed by atoms with Crippen molar-refractivity contribution in [3.8, 4) is 5.75 Å². The van der Waals surface area contributed by atoms with Crippen molar-refractivity contribution in [2.75, 3.05) is 13.7 Å². The first kappa shape index (κ1) is 14.0. The minimum absolute atomic E-state index is 0.415. The first-order valence-corrected chi connectivity index (χ1v) is 6.27. The fourth-order valence-corrected chi connectivity index (χ4v) is 2.08. The highest BCUT2D eigenvalue weighted by atomic mass is 35.5. The molecule has 1 rings (SSSR count). The van der Waals surface area contributed by atoms with Crippen LogP contribution in [0.4, 0.5) is 0 Å². The quantitative estimate of drug-likeness (QED) is 0.733. The van der Waals surface area contributed by atoms with E-state index in [1.807, 2.05) is 26.0 Å². The van der Waals surface area contributed by atoms with E-state index < -0.39 is 0 Å². The molecule has 0 saturated carbocycles. The van der Waals surface area contributed by atoms with Crippen molar-refractivity contribution in [2.45, 2.75) is 33.6 Å². The Morgan fingerprint density at radius 3 is 2.53 bits per heavy atom.